The van der Waals surface area contributed by atoms with E-state index in [1.54, 1.807) is 15.9 Å². The summed E-state index contributed by atoms with van der Waals surface area (Å²) in [5.41, 5.74) is -1.09. The molecule has 3 heterocycles. The number of carbonyl (C=O) groups excluding carboxylic acids is 3. The van der Waals surface area contributed by atoms with Crippen LogP contribution < -0.4 is 0 Å². The van der Waals surface area contributed by atoms with Gasteiger partial charge in [-0.25, -0.2) is 0 Å². The highest BCUT2D eigenvalue weighted by atomic mass is 79.9. The monoisotopic (exact) mass is 582 g/mol. The van der Waals surface area contributed by atoms with Gasteiger partial charge in [0.15, 0.2) is 0 Å². The predicted molar refractivity (Wildman–Crippen MR) is 145 cm³/mol. The molecular weight excluding hydrogens is 540 g/mol. The minimum Gasteiger partial charge on any atom is -0.465 e. The second-order valence-electron chi connectivity index (χ2n) is 10.5. The maximum Gasteiger partial charge on any atom is 0.312 e. The van der Waals surface area contributed by atoms with Gasteiger partial charge in [0.25, 0.3) is 0 Å². The standard InChI is InChI=1S/C28H43BrN2O6/c1-5-8-9-12-17-36-27(35)21-22-25(33)31(15-10-11-16-32)24(28(22)18-20(29)23(21)37-28)26(34)30(14-7-3)19(4)13-6-2/h5,7,19-24,32H,1,3,6,8-18H2,2,4H3/t19?,20?,21-,22-,23-,24?,28?/m0/s1. The van der Waals surface area contributed by atoms with Crippen LogP contribution in [-0.2, 0) is 23.9 Å². The van der Waals surface area contributed by atoms with Crippen LogP contribution in [0.15, 0.2) is 25.3 Å². The van der Waals surface area contributed by atoms with Gasteiger partial charge in [-0.1, -0.05) is 41.4 Å². The highest BCUT2D eigenvalue weighted by molar-refractivity contribution is 9.09. The molecule has 4 unspecified atom stereocenters. The Morgan fingerprint density at radius 3 is 2.70 bits per heavy atom. The van der Waals surface area contributed by atoms with Crippen LogP contribution in [0.3, 0.4) is 0 Å². The maximum atomic E-state index is 14.2. The summed E-state index contributed by atoms with van der Waals surface area (Å²) in [4.78, 5) is 44.7. The maximum absolute atomic E-state index is 14.2. The van der Waals surface area contributed by atoms with E-state index in [1.165, 1.54) is 0 Å². The van der Waals surface area contributed by atoms with Crippen LogP contribution in [0.25, 0.3) is 0 Å². The number of esters is 1. The van der Waals surface area contributed by atoms with Crippen LogP contribution in [0.1, 0.15) is 65.2 Å². The Morgan fingerprint density at radius 2 is 2.05 bits per heavy atom. The number of hydrogen-bond acceptors (Lipinski definition) is 6. The van der Waals surface area contributed by atoms with Gasteiger partial charge in [0.05, 0.1) is 24.5 Å². The molecule has 1 spiro atoms. The first-order valence-electron chi connectivity index (χ1n) is 13.7. The first kappa shape index (κ1) is 29.8. The van der Waals surface area contributed by atoms with Crippen LogP contribution in [0.4, 0.5) is 0 Å². The summed E-state index contributed by atoms with van der Waals surface area (Å²) < 4.78 is 12.2. The quantitative estimate of drug-likeness (QED) is 0.129. The van der Waals surface area contributed by atoms with Crippen molar-refractivity contribution in [3.8, 4) is 0 Å². The van der Waals surface area contributed by atoms with E-state index in [1.807, 2.05) is 13.0 Å². The number of ether oxygens (including phenoxy) is 2. The molecule has 3 rings (SSSR count). The SMILES string of the molecule is C=CCCCCOC(=O)[C@H]1[C@H]2C(=O)N(CCCCO)C(C(=O)N(CC=C)C(C)CCC)C23CC(Br)[C@@H]1O3. The molecule has 3 aliphatic heterocycles. The van der Waals surface area contributed by atoms with Gasteiger partial charge in [-0.05, 0) is 51.9 Å². The summed E-state index contributed by atoms with van der Waals surface area (Å²) in [6, 6.07) is -0.867. The Balaban J connectivity index is 1.93. The zero-order valence-corrected chi connectivity index (χ0v) is 23.9. The third kappa shape index (κ3) is 5.83. The summed E-state index contributed by atoms with van der Waals surface area (Å²) >= 11 is 3.69. The molecule has 0 saturated carbocycles. The second-order valence-corrected chi connectivity index (χ2v) is 11.7. The van der Waals surface area contributed by atoms with Gasteiger partial charge in [0, 0.05) is 30.6 Å². The van der Waals surface area contributed by atoms with Crippen LogP contribution in [0.2, 0.25) is 0 Å². The number of fused-ring (bicyclic) bond motifs is 1. The Kier molecular flexibility index (Phi) is 10.8. The van der Waals surface area contributed by atoms with Crippen molar-refractivity contribution in [1.29, 1.82) is 0 Å². The fraction of sp³-hybridized carbons (Fsp3) is 0.750. The van der Waals surface area contributed by atoms with Crippen LogP contribution in [-0.4, -0.2) is 87.6 Å². The second kappa shape index (κ2) is 13.4. The lowest BCUT2D eigenvalue weighted by atomic mass is 9.70. The molecule has 37 heavy (non-hydrogen) atoms. The van der Waals surface area contributed by atoms with Gasteiger partial charge in [0.2, 0.25) is 11.8 Å². The Hall–Kier alpha value is -1.71. The van der Waals surface area contributed by atoms with Crippen molar-refractivity contribution >= 4 is 33.7 Å². The zero-order chi connectivity index (χ0) is 27.2. The van der Waals surface area contributed by atoms with Crippen molar-refractivity contribution in [2.45, 2.75) is 93.8 Å². The average molecular weight is 584 g/mol. The smallest absolute Gasteiger partial charge is 0.312 e. The van der Waals surface area contributed by atoms with Crippen molar-refractivity contribution in [3.63, 3.8) is 0 Å². The van der Waals surface area contributed by atoms with E-state index < -0.39 is 35.6 Å². The lowest BCUT2D eigenvalue weighted by molar-refractivity contribution is -0.155. The molecular formula is C28H43BrN2O6. The summed E-state index contributed by atoms with van der Waals surface area (Å²) in [5.74, 6) is -2.35. The average Bonchev–Trinajstić information content (AvgIpc) is 3.45. The molecule has 0 aliphatic carbocycles. The van der Waals surface area contributed by atoms with Crippen molar-refractivity contribution in [2.75, 3.05) is 26.3 Å². The van der Waals surface area contributed by atoms with E-state index in [-0.39, 0.29) is 35.9 Å². The molecule has 3 saturated heterocycles. The van der Waals surface area contributed by atoms with Gasteiger partial charge < -0.3 is 24.4 Å². The first-order chi connectivity index (χ1) is 17.8. The van der Waals surface area contributed by atoms with Crippen LogP contribution in [0.5, 0.6) is 0 Å². The highest BCUT2D eigenvalue weighted by Crippen LogP contribution is 2.60. The Morgan fingerprint density at radius 1 is 1.30 bits per heavy atom. The van der Waals surface area contributed by atoms with Crippen LogP contribution >= 0.6 is 15.9 Å². The molecule has 8 nitrogen and oxygen atoms in total. The molecule has 0 aromatic carbocycles. The van der Waals surface area contributed by atoms with Gasteiger partial charge in [-0.15, -0.1) is 13.2 Å². The van der Waals surface area contributed by atoms with Gasteiger partial charge >= 0.3 is 5.97 Å². The molecule has 208 valence electrons. The number of rotatable bonds is 16. The minimum atomic E-state index is -1.09. The normalized spacial score (nSPS) is 30.8. The fourth-order valence-corrected chi connectivity index (χ4v) is 7.27. The molecule has 0 aromatic rings. The van der Waals surface area contributed by atoms with Crippen molar-refractivity contribution in [3.05, 3.63) is 25.3 Å². The Bertz CT molecular complexity index is 853. The molecule has 2 bridgehead atoms. The van der Waals surface area contributed by atoms with Crippen molar-refractivity contribution < 1.29 is 29.0 Å². The van der Waals surface area contributed by atoms with Crippen molar-refractivity contribution in [1.82, 2.24) is 9.80 Å². The fourth-order valence-electron chi connectivity index (χ4n) is 6.33. The lowest BCUT2D eigenvalue weighted by Gasteiger charge is -2.39. The number of alkyl halides is 1. The first-order valence-corrected chi connectivity index (χ1v) is 14.6. The topological polar surface area (TPSA) is 96.4 Å². The minimum absolute atomic E-state index is 0.00813. The molecule has 0 radical (unpaired) electrons. The number of carbonyl (C=O) groups is 3. The Labute approximate surface area is 229 Å². The molecule has 0 aromatic heterocycles. The number of amides is 2. The molecule has 2 amide bonds. The number of aliphatic hydroxyl groups excluding tert-OH is 1. The number of hydrogen-bond donors (Lipinski definition) is 1. The molecule has 3 aliphatic rings. The number of likely N-dealkylation sites (tertiary alicyclic amines) is 1. The number of aliphatic hydroxyl groups is 1. The van der Waals surface area contributed by atoms with Crippen molar-refractivity contribution in [2.24, 2.45) is 11.8 Å². The molecule has 1 N–H and O–H groups in total. The van der Waals surface area contributed by atoms with Gasteiger partial charge in [-0.3, -0.25) is 14.4 Å². The van der Waals surface area contributed by atoms with E-state index in [2.05, 4.69) is 36.0 Å². The molecule has 9 heteroatoms. The third-order valence-electron chi connectivity index (χ3n) is 8.00. The van der Waals surface area contributed by atoms with E-state index in [4.69, 9.17) is 9.47 Å². The van der Waals surface area contributed by atoms with Gasteiger partial charge in [0.1, 0.15) is 11.6 Å². The number of unbranched alkanes of at least 4 members (excludes halogenated alkanes) is 3. The lowest BCUT2D eigenvalue weighted by Crippen LogP contribution is -2.58. The summed E-state index contributed by atoms with van der Waals surface area (Å²) in [7, 11) is 0. The number of nitrogens with zero attached hydrogens (tertiary/aromatic N) is 2. The number of halogens is 1. The van der Waals surface area contributed by atoms with Crippen LogP contribution in [0, 0.1) is 11.8 Å². The predicted octanol–water partition coefficient (Wildman–Crippen LogP) is 3.61. The van der Waals surface area contributed by atoms with E-state index in [9.17, 15) is 19.5 Å². The van der Waals surface area contributed by atoms with E-state index in [0.29, 0.717) is 32.4 Å². The van der Waals surface area contributed by atoms with Gasteiger partial charge in [-0.2, -0.15) is 0 Å². The highest BCUT2D eigenvalue weighted by Gasteiger charge is 2.77. The third-order valence-corrected chi connectivity index (χ3v) is 8.84. The zero-order valence-electron chi connectivity index (χ0n) is 22.3. The molecule has 3 fully saturated rings. The summed E-state index contributed by atoms with van der Waals surface area (Å²) in [5, 5.41) is 9.33. The van der Waals surface area contributed by atoms with E-state index in [0.717, 1.165) is 32.1 Å². The number of allylic oxidation sites excluding steroid dienone is 1. The van der Waals surface area contributed by atoms with E-state index >= 15 is 0 Å². The molecule has 7 atom stereocenters. The summed E-state index contributed by atoms with van der Waals surface area (Å²) in [6.45, 7) is 12.6. The largest absolute Gasteiger partial charge is 0.465 e. The summed E-state index contributed by atoms with van der Waals surface area (Å²) in [6.07, 6.45) is 8.75.